The number of hydrazine groups is 1. The summed E-state index contributed by atoms with van der Waals surface area (Å²) in [5.41, 5.74) is 10.9. The van der Waals surface area contributed by atoms with E-state index in [9.17, 15) is 24.9 Å². The van der Waals surface area contributed by atoms with Crippen molar-refractivity contribution in [1.82, 2.24) is 16.2 Å². The molecule has 0 aliphatic heterocycles. The van der Waals surface area contributed by atoms with Crippen LogP contribution in [0.3, 0.4) is 0 Å². The highest BCUT2D eigenvalue weighted by atomic mass is 16.4. The summed E-state index contributed by atoms with van der Waals surface area (Å²) >= 11 is 0. The van der Waals surface area contributed by atoms with E-state index in [-0.39, 0.29) is 24.6 Å². The number of hydrogen-bond donors (Lipinski definition) is 8. The molecule has 0 aromatic heterocycles. The van der Waals surface area contributed by atoms with Gasteiger partial charge in [0, 0.05) is 6.54 Å². The van der Waals surface area contributed by atoms with Crippen LogP contribution >= 0.6 is 0 Å². The molecule has 138 valence electrons. The Labute approximate surface area is 144 Å². The van der Waals surface area contributed by atoms with Gasteiger partial charge in [0.1, 0.15) is 17.8 Å². The first-order valence-corrected chi connectivity index (χ1v) is 7.62. The molecule has 0 aliphatic carbocycles. The van der Waals surface area contributed by atoms with Crippen molar-refractivity contribution in [1.29, 1.82) is 5.41 Å². The minimum atomic E-state index is -1.14. The molecule has 0 amide bonds. The van der Waals surface area contributed by atoms with Crippen LogP contribution in [0.25, 0.3) is 0 Å². The number of carboxylic acid groups (broad SMARTS) is 2. The second-order valence-electron chi connectivity index (χ2n) is 5.42. The zero-order valence-electron chi connectivity index (χ0n) is 13.5. The molecule has 1 aromatic carbocycles. The molecule has 1 aromatic rings. The van der Waals surface area contributed by atoms with E-state index in [0.29, 0.717) is 18.5 Å². The molecular weight excluding hydrogens is 330 g/mol. The normalized spacial score (nSPS) is 13.0. The molecule has 0 saturated carbocycles. The van der Waals surface area contributed by atoms with E-state index in [1.165, 1.54) is 12.1 Å². The number of aliphatic carboxylic acids is 2. The number of rotatable bonds is 11. The van der Waals surface area contributed by atoms with E-state index in [2.05, 4.69) is 16.2 Å². The monoisotopic (exact) mass is 353 g/mol. The van der Waals surface area contributed by atoms with E-state index in [0.717, 1.165) is 0 Å². The van der Waals surface area contributed by atoms with Crippen molar-refractivity contribution in [3.05, 3.63) is 29.8 Å². The highest BCUT2D eigenvalue weighted by Gasteiger charge is 2.22. The maximum atomic E-state index is 11.3. The van der Waals surface area contributed by atoms with Gasteiger partial charge in [-0.3, -0.25) is 15.0 Å². The second kappa shape index (κ2) is 10.1. The predicted molar refractivity (Wildman–Crippen MR) is 90.1 cm³/mol. The van der Waals surface area contributed by atoms with Crippen molar-refractivity contribution < 1.29 is 24.9 Å². The summed E-state index contributed by atoms with van der Waals surface area (Å²) in [5.74, 6) is -2.38. The summed E-state index contributed by atoms with van der Waals surface area (Å²) in [6.45, 7) is 0.344. The van der Waals surface area contributed by atoms with E-state index in [1.54, 1.807) is 12.1 Å². The van der Waals surface area contributed by atoms with E-state index in [1.807, 2.05) is 0 Å². The van der Waals surface area contributed by atoms with Crippen LogP contribution in [0.2, 0.25) is 0 Å². The van der Waals surface area contributed by atoms with Crippen LogP contribution in [0.15, 0.2) is 24.3 Å². The molecule has 1 rings (SSSR count). The van der Waals surface area contributed by atoms with Crippen molar-refractivity contribution in [2.75, 3.05) is 6.54 Å². The number of carboxylic acids is 2. The molecule has 0 radical (unpaired) electrons. The van der Waals surface area contributed by atoms with E-state index in [4.69, 9.17) is 11.1 Å². The Morgan fingerprint density at radius 3 is 2.16 bits per heavy atom. The number of carbonyl (C=O) groups is 2. The molecule has 9 N–H and O–H groups in total. The SMILES string of the molecule is N=C(N)NCCC[C@H](NN[C@@H](Cc1ccc(O)cc1)C(=O)O)C(=O)O. The lowest BCUT2D eigenvalue weighted by molar-refractivity contribution is -0.143. The van der Waals surface area contributed by atoms with Gasteiger partial charge < -0.3 is 26.4 Å². The van der Waals surface area contributed by atoms with Crippen LogP contribution in [0.4, 0.5) is 0 Å². The molecule has 10 heteroatoms. The van der Waals surface area contributed by atoms with Gasteiger partial charge in [0.05, 0.1) is 0 Å². The van der Waals surface area contributed by atoms with Gasteiger partial charge in [-0.05, 0) is 37.0 Å². The van der Waals surface area contributed by atoms with Crippen LogP contribution in [-0.2, 0) is 16.0 Å². The fourth-order valence-electron chi connectivity index (χ4n) is 2.06. The minimum Gasteiger partial charge on any atom is -0.508 e. The van der Waals surface area contributed by atoms with Gasteiger partial charge in [-0.1, -0.05) is 12.1 Å². The number of benzene rings is 1. The van der Waals surface area contributed by atoms with Crippen molar-refractivity contribution in [2.45, 2.75) is 31.3 Å². The zero-order valence-corrected chi connectivity index (χ0v) is 13.5. The molecule has 0 aliphatic rings. The summed E-state index contributed by atoms with van der Waals surface area (Å²) in [6.07, 6.45) is 0.760. The quantitative estimate of drug-likeness (QED) is 0.109. The number of phenols is 1. The zero-order chi connectivity index (χ0) is 18.8. The number of nitrogens with one attached hydrogen (secondary N) is 4. The van der Waals surface area contributed by atoms with Crippen LogP contribution in [0, 0.1) is 5.41 Å². The smallest absolute Gasteiger partial charge is 0.322 e. The maximum absolute atomic E-state index is 11.3. The maximum Gasteiger partial charge on any atom is 0.322 e. The topological polar surface area (TPSA) is 181 Å². The lowest BCUT2D eigenvalue weighted by Gasteiger charge is -2.20. The third-order valence-corrected chi connectivity index (χ3v) is 3.39. The Morgan fingerprint density at radius 2 is 1.64 bits per heavy atom. The van der Waals surface area contributed by atoms with Crippen LogP contribution < -0.4 is 21.9 Å². The highest BCUT2D eigenvalue weighted by molar-refractivity contribution is 5.75. The molecule has 0 heterocycles. The molecule has 2 atom stereocenters. The molecule has 0 fully saturated rings. The Balaban J connectivity index is 2.54. The summed E-state index contributed by atoms with van der Waals surface area (Å²) in [7, 11) is 0. The van der Waals surface area contributed by atoms with Gasteiger partial charge >= 0.3 is 11.9 Å². The summed E-state index contributed by atoms with van der Waals surface area (Å²) in [5, 5.41) is 37.3. The van der Waals surface area contributed by atoms with Crippen LogP contribution in [-0.4, -0.2) is 51.8 Å². The minimum absolute atomic E-state index is 0.0758. The molecule has 0 unspecified atom stereocenters. The Hall–Kier alpha value is -2.85. The Kier molecular flexibility index (Phi) is 8.16. The predicted octanol–water partition coefficient (Wildman–Crippen LogP) is -0.801. The molecule has 0 spiro atoms. The van der Waals surface area contributed by atoms with Crippen LogP contribution in [0.5, 0.6) is 5.75 Å². The van der Waals surface area contributed by atoms with Crippen molar-refractivity contribution >= 4 is 17.9 Å². The van der Waals surface area contributed by atoms with Gasteiger partial charge in [0.25, 0.3) is 0 Å². The van der Waals surface area contributed by atoms with Crippen molar-refractivity contribution in [3.63, 3.8) is 0 Å². The Morgan fingerprint density at radius 1 is 1.08 bits per heavy atom. The van der Waals surface area contributed by atoms with Gasteiger partial charge in [-0.2, -0.15) is 0 Å². The lowest BCUT2D eigenvalue weighted by Crippen LogP contribution is -2.53. The summed E-state index contributed by atoms with van der Waals surface area (Å²) in [4.78, 5) is 22.6. The average molecular weight is 353 g/mol. The van der Waals surface area contributed by atoms with Gasteiger partial charge in [-0.25, -0.2) is 10.9 Å². The molecular formula is C15H23N5O5. The number of hydrogen-bond acceptors (Lipinski definition) is 6. The van der Waals surface area contributed by atoms with Crippen LogP contribution in [0.1, 0.15) is 18.4 Å². The Bertz CT molecular complexity index is 592. The summed E-state index contributed by atoms with van der Waals surface area (Å²) < 4.78 is 0. The standard InChI is InChI=1S/C15H23N5O5/c16-15(17)18-7-1-2-11(13(22)23)19-20-12(14(24)25)8-9-3-5-10(21)6-4-9/h3-6,11-12,19-21H,1-2,7-8H2,(H,22,23)(H,24,25)(H4,16,17,18)/t11-,12-/m0/s1. The first-order chi connectivity index (χ1) is 11.8. The highest BCUT2D eigenvalue weighted by Crippen LogP contribution is 2.11. The average Bonchev–Trinajstić information content (AvgIpc) is 2.53. The lowest BCUT2D eigenvalue weighted by atomic mass is 10.1. The van der Waals surface area contributed by atoms with Crippen molar-refractivity contribution in [3.8, 4) is 5.75 Å². The number of aromatic hydroxyl groups is 1. The number of nitrogens with two attached hydrogens (primary N) is 1. The van der Waals surface area contributed by atoms with Gasteiger partial charge in [0.15, 0.2) is 5.96 Å². The third-order valence-electron chi connectivity index (χ3n) is 3.39. The first-order valence-electron chi connectivity index (χ1n) is 7.62. The van der Waals surface area contributed by atoms with E-state index >= 15 is 0 Å². The second-order valence-corrected chi connectivity index (χ2v) is 5.42. The largest absolute Gasteiger partial charge is 0.508 e. The molecule has 25 heavy (non-hydrogen) atoms. The molecule has 10 nitrogen and oxygen atoms in total. The molecule has 0 saturated heterocycles. The third kappa shape index (κ3) is 7.99. The fraction of sp³-hybridized carbons (Fsp3) is 0.400. The fourth-order valence-corrected chi connectivity index (χ4v) is 2.06. The van der Waals surface area contributed by atoms with E-state index < -0.39 is 24.0 Å². The number of phenolic OH excluding ortho intramolecular Hbond substituents is 1. The first kappa shape index (κ1) is 20.2. The van der Waals surface area contributed by atoms with Gasteiger partial charge in [-0.15, -0.1) is 0 Å². The number of guanidine groups is 1. The summed E-state index contributed by atoms with van der Waals surface area (Å²) in [6, 6.07) is 4.05. The van der Waals surface area contributed by atoms with Crippen molar-refractivity contribution in [2.24, 2.45) is 5.73 Å². The molecule has 0 bridgehead atoms. The van der Waals surface area contributed by atoms with Gasteiger partial charge in [0.2, 0.25) is 0 Å².